The van der Waals surface area contributed by atoms with Crippen LogP contribution in [0.3, 0.4) is 0 Å². The molecule has 0 saturated carbocycles. The van der Waals surface area contributed by atoms with E-state index in [0.717, 1.165) is 75.5 Å². The number of unbranched alkanes of at least 4 members (excludes halogenated alkanes) is 34. The predicted octanol–water partition coefficient (Wildman–Crippen LogP) is 18.7. The largest absolute Gasteiger partial charge is 0.462 e. The number of rotatable bonds is 51. The van der Waals surface area contributed by atoms with Crippen LogP contribution >= 0.6 is 0 Å². The summed E-state index contributed by atoms with van der Waals surface area (Å²) < 4.78 is 16.9. The molecule has 0 aliphatic heterocycles. The summed E-state index contributed by atoms with van der Waals surface area (Å²) in [5.74, 6) is 1.65. The molecule has 0 aromatic carbocycles. The number of ether oxygens (including phenoxy) is 3. The van der Waals surface area contributed by atoms with Gasteiger partial charge >= 0.3 is 17.9 Å². The molecule has 0 bridgehead atoms. The first-order valence-electron chi connectivity index (χ1n) is 28.6. The Labute approximate surface area is 399 Å². The normalized spacial score (nSPS) is 12.1. The van der Waals surface area contributed by atoms with Gasteiger partial charge in [-0.25, -0.2) is 0 Å². The lowest BCUT2D eigenvalue weighted by Crippen LogP contribution is -2.30. The number of esters is 3. The highest BCUT2D eigenvalue weighted by Gasteiger charge is 2.19. The third-order valence-electron chi connectivity index (χ3n) is 13.1. The fourth-order valence-electron chi connectivity index (χ4n) is 8.82. The van der Waals surface area contributed by atoms with Crippen molar-refractivity contribution >= 4 is 17.9 Å². The molecule has 0 rings (SSSR count). The zero-order valence-corrected chi connectivity index (χ0v) is 44.1. The van der Waals surface area contributed by atoms with Crippen molar-refractivity contribution < 1.29 is 28.6 Å². The Kier molecular flexibility index (Phi) is 48.1. The molecular weight excluding hydrogens is 793 g/mol. The van der Waals surface area contributed by atoms with Crippen LogP contribution in [0.1, 0.15) is 318 Å². The highest BCUT2D eigenvalue weighted by atomic mass is 16.6. The van der Waals surface area contributed by atoms with Gasteiger partial charge in [0.15, 0.2) is 6.10 Å². The molecule has 0 N–H and O–H groups in total. The van der Waals surface area contributed by atoms with E-state index in [1.165, 1.54) is 199 Å². The standard InChI is InChI=1S/C58H112O6/c1-52(2)44-38-32-26-20-14-11-9-7-8-10-12-16-23-29-35-41-47-56(59)62-50-55(51-63-57(60)48-42-36-30-24-19-18-22-28-34-40-46-54(5)6)64-58(61)49-43-37-31-25-17-13-15-21-27-33-39-45-53(3)4/h52-55H,7-51H2,1-6H3/t55-/m1/s1. The molecule has 0 saturated heterocycles. The zero-order valence-electron chi connectivity index (χ0n) is 44.1. The minimum absolute atomic E-state index is 0.0637. The van der Waals surface area contributed by atoms with Crippen molar-refractivity contribution in [3.05, 3.63) is 0 Å². The average molecular weight is 906 g/mol. The minimum Gasteiger partial charge on any atom is -0.462 e. The molecule has 0 fully saturated rings. The van der Waals surface area contributed by atoms with Crippen LogP contribution in [-0.2, 0) is 28.6 Å². The Bertz CT molecular complexity index is 991. The summed E-state index contributed by atoms with van der Waals surface area (Å²) in [7, 11) is 0. The van der Waals surface area contributed by atoms with Gasteiger partial charge in [0.05, 0.1) is 0 Å². The zero-order chi connectivity index (χ0) is 47.0. The van der Waals surface area contributed by atoms with Crippen LogP contribution < -0.4 is 0 Å². The van der Waals surface area contributed by atoms with E-state index >= 15 is 0 Å². The second kappa shape index (κ2) is 49.3. The first-order chi connectivity index (χ1) is 31.1. The molecule has 0 aliphatic rings. The molecule has 0 radical (unpaired) electrons. The van der Waals surface area contributed by atoms with Gasteiger partial charge in [-0.3, -0.25) is 14.4 Å². The molecule has 1 atom stereocenters. The number of carbonyl (C=O) groups is 3. The Hall–Kier alpha value is -1.59. The maximum absolute atomic E-state index is 12.8. The summed E-state index contributed by atoms with van der Waals surface area (Å²) in [6.07, 6.45) is 51.0. The second-order valence-electron chi connectivity index (χ2n) is 21.4. The van der Waals surface area contributed by atoms with Crippen LogP contribution in [-0.4, -0.2) is 37.2 Å². The number of carbonyl (C=O) groups excluding carboxylic acids is 3. The Morgan fingerprint density at radius 2 is 0.453 bits per heavy atom. The van der Waals surface area contributed by atoms with E-state index in [1.807, 2.05) is 0 Å². The highest BCUT2D eigenvalue weighted by Crippen LogP contribution is 2.18. The summed E-state index contributed by atoms with van der Waals surface area (Å²) in [4.78, 5) is 38.1. The van der Waals surface area contributed by atoms with Gasteiger partial charge < -0.3 is 14.2 Å². The molecule has 6 nitrogen and oxygen atoms in total. The van der Waals surface area contributed by atoms with E-state index in [1.54, 1.807) is 0 Å². The van der Waals surface area contributed by atoms with Crippen molar-refractivity contribution in [1.29, 1.82) is 0 Å². The Balaban J connectivity index is 4.28. The van der Waals surface area contributed by atoms with Crippen molar-refractivity contribution in [3.63, 3.8) is 0 Å². The topological polar surface area (TPSA) is 78.9 Å². The van der Waals surface area contributed by atoms with E-state index in [9.17, 15) is 14.4 Å². The molecular formula is C58H112O6. The molecule has 0 unspecified atom stereocenters. The van der Waals surface area contributed by atoms with Crippen molar-refractivity contribution in [2.45, 2.75) is 324 Å². The van der Waals surface area contributed by atoms with Crippen LogP contribution in [0.15, 0.2) is 0 Å². The van der Waals surface area contributed by atoms with Crippen LogP contribution in [0.4, 0.5) is 0 Å². The lowest BCUT2D eigenvalue weighted by molar-refractivity contribution is -0.167. The summed E-state index contributed by atoms with van der Waals surface area (Å²) in [6.45, 7) is 13.7. The van der Waals surface area contributed by atoms with E-state index in [0.29, 0.717) is 19.3 Å². The van der Waals surface area contributed by atoms with Gasteiger partial charge in [0, 0.05) is 19.3 Å². The molecule has 0 spiro atoms. The van der Waals surface area contributed by atoms with Gasteiger partial charge in [0.1, 0.15) is 13.2 Å². The van der Waals surface area contributed by atoms with Gasteiger partial charge in [-0.15, -0.1) is 0 Å². The summed E-state index contributed by atoms with van der Waals surface area (Å²) >= 11 is 0. The maximum atomic E-state index is 12.8. The Morgan fingerprint density at radius 1 is 0.266 bits per heavy atom. The number of hydrogen-bond acceptors (Lipinski definition) is 6. The quantitative estimate of drug-likeness (QED) is 0.0344. The lowest BCUT2D eigenvalue weighted by Gasteiger charge is -2.18. The van der Waals surface area contributed by atoms with E-state index in [-0.39, 0.29) is 31.1 Å². The summed E-state index contributed by atoms with van der Waals surface area (Å²) in [6, 6.07) is 0. The van der Waals surface area contributed by atoms with Gasteiger partial charge in [0.25, 0.3) is 0 Å². The predicted molar refractivity (Wildman–Crippen MR) is 275 cm³/mol. The molecule has 0 aliphatic carbocycles. The molecule has 6 heteroatoms. The monoisotopic (exact) mass is 905 g/mol. The minimum atomic E-state index is -0.763. The van der Waals surface area contributed by atoms with Crippen LogP contribution in [0.5, 0.6) is 0 Å². The smallest absolute Gasteiger partial charge is 0.306 e. The SMILES string of the molecule is CC(C)CCCCCCCCCCCCCCCCCCC(=O)OC[C@H](COC(=O)CCCCCCCCCCCCC(C)C)OC(=O)CCCCCCCCCCCCCC(C)C. The van der Waals surface area contributed by atoms with Crippen molar-refractivity contribution in [2.75, 3.05) is 13.2 Å². The van der Waals surface area contributed by atoms with Crippen LogP contribution in [0.25, 0.3) is 0 Å². The van der Waals surface area contributed by atoms with Crippen LogP contribution in [0.2, 0.25) is 0 Å². The first-order valence-corrected chi connectivity index (χ1v) is 28.6. The van der Waals surface area contributed by atoms with Crippen molar-refractivity contribution in [2.24, 2.45) is 17.8 Å². The van der Waals surface area contributed by atoms with Gasteiger partial charge in [-0.2, -0.15) is 0 Å². The Morgan fingerprint density at radius 3 is 0.672 bits per heavy atom. The highest BCUT2D eigenvalue weighted by molar-refractivity contribution is 5.71. The fraction of sp³-hybridized carbons (Fsp3) is 0.948. The van der Waals surface area contributed by atoms with Gasteiger partial charge in [0.2, 0.25) is 0 Å². The maximum Gasteiger partial charge on any atom is 0.306 e. The van der Waals surface area contributed by atoms with Gasteiger partial charge in [-0.05, 0) is 37.0 Å². The van der Waals surface area contributed by atoms with E-state index in [2.05, 4.69) is 41.5 Å². The van der Waals surface area contributed by atoms with E-state index in [4.69, 9.17) is 14.2 Å². The first kappa shape index (κ1) is 62.4. The molecule has 64 heavy (non-hydrogen) atoms. The molecule has 0 amide bonds. The average Bonchev–Trinajstić information content (AvgIpc) is 3.25. The van der Waals surface area contributed by atoms with Crippen LogP contribution in [0, 0.1) is 17.8 Å². The summed E-state index contributed by atoms with van der Waals surface area (Å²) in [5.41, 5.74) is 0. The third-order valence-corrected chi connectivity index (χ3v) is 13.1. The summed E-state index contributed by atoms with van der Waals surface area (Å²) in [5, 5.41) is 0. The van der Waals surface area contributed by atoms with E-state index < -0.39 is 6.10 Å². The third kappa shape index (κ3) is 51.4. The van der Waals surface area contributed by atoms with Gasteiger partial charge in [-0.1, -0.05) is 279 Å². The second-order valence-corrected chi connectivity index (χ2v) is 21.4. The fourth-order valence-corrected chi connectivity index (χ4v) is 8.82. The van der Waals surface area contributed by atoms with Crippen molar-refractivity contribution in [1.82, 2.24) is 0 Å². The molecule has 0 aromatic heterocycles. The molecule has 0 heterocycles. The number of hydrogen-bond donors (Lipinski definition) is 0. The molecule has 0 aromatic rings. The molecule has 380 valence electrons. The van der Waals surface area contributed by atoms with Crippen molar-refractivity contribution in [3.8, 4) is 0 Å². The lowest BCUT2D eigenvalue weighted by atomic mass is 10.0.